The van der Waals surface area contributed by atoms with Gasteiger partial charge in [0.05, 0.1) is 17.7 Å². The smallest absolute Gasteiger partial charge is 0.307 e. The number of carboxylic acids is 1. The van der Waals surface area contributed by atoms with E-state index in [1.165, 1.54) is 0 Å². The Kier molecular flexibility index (Phi) is 8.90. The van der Waals surface area contributed by atoms with E-state index in [1.54, 1.807) is 6.20 Å². The number of likely N-dealkylation sites (tertiary alicyclic amines) is 2. The Morgan fingerprint density at radius 1 is 1.06 bits per heavy atom. The number of aliphatic carboxylic acids is 1. The maximum absolute atomic E-state index is 11.7. The summed E-state index contributed by atoms with van der Waals surface area (Å²) in [5, 5.41) is 34.3. The van der Waals surface area contributed by atoms with Crippen molar-refractivity contribution in [1.82, 2.24) is 24.8 Å². The highest BCUT2D eigenvalue weighted by Crippen LogP contribution is 2.44. The Morgan fingerprint density at radius 3 is 2.69 bits per heavy atom. The van der Waals surface area contributed by atoms with E-state index in [4.69, 9.17) is 14.4 Å². The van der Waals surface area contributed by atoms with Gasteiger partial charge in [0.15, 0.2) is 11.4 Å². The number of benzene rings is 3. The van der Waals surface area contributed by atoms with E-state index in [2.05, 4.69) is 67.2 Å². The van der Waals surface area contributed by atoms with Crippen LogP contribution in [0.25, 0.3) is 44.6 Å². The third-order valence-corrected chi connectivity index (χ3v) is 12.2. The first kappa shape index (κ1) is 34.6. The number of fused-ring (bicyclic) bond motifs is 3. The first-order chi connectivity index (χ1) is 26.2. The molecule has 2 saturated heterocycles. The molecule has 2 fully saturated rings. The van der Waals surface area contributed by atoms with Crippen molar-refractivity contribution in [2.24, 2.45) is 5.92 Å². The van der Waals surface area contributed by atoms with Crippen LogP contribution in [0.3, 0.4) is 0 Å². The van der Waals surface area contributed by atoms with E-state index in [0.29, 0.717) is 47.9 Å². The van der Waals surface area contributed by atoms with E-state index in [1.807, 2.05) is 42.6 Å². The number of halogens is 1. The van der Waals surface area contributed by atoms with Gasteiger partial charge in [-0.05, 0) is 119 Å². The number of hydrogen-bond acceptors (Lipinski definition) is 10. The maximum Gasteiger partial charge on any atom is 0.307 e. The molecule has 0 radical (unpaired) electrons. The summed E-state index contributed by atoms with van der Waals surface area (Å²) in [6.07, 6.45) is 6.45. The molecule has 0 amide bonds. The lowest BCUT2D eigenvalue weighted by atomic mass is 9.96. The number of anilines is 2. The molecule has 0 unspecified atom stereocenters. The molecular weight excluding hydrogens is 746 g/mol. The molecule has 9 rings (SSSR count). The van der Waals surface area contributed by atoms with E-state index in [-0.39, 0.29) is 18.1 Å². The number of pyridine rings is 2. The molecule has 3 aromatic carbocycles. The molecule has 2 aliphatic heterocycles. The lowest BCUT2D eigenvalue weighted by Gasteiger charge is -2.24. The van der Waals surface area contributed by atoms with Gasteiger partial charge in [-0.2, -0.15) is 5.26 Å². The fourth-order valence-corrected chi connectivity index (χ4v) is 9.21. The summed E-state index contributed by atoms with van der Waals surface area (Å²) in [5.41, 5.74) is 10.2. The van der Waals surface area contributed by atoms with Gasteiger partial charge in [-0.25, -0.2) is 9.97 Å². The molecule has 0 saturated carbocycles. The molecule has 3 aromatic heterocycles. The van der Waals surface area contributed by atoms with Crippen LogP contribution in [0.1, 0.15) is 53.1 Å². The maximum atomic E-state index is 11.7. The average molecular weight is 785 g/mol. The van der Waals surface area contributed by atoms with Crippen molar-refractivity contribution in [2.45, 2.75) is 51.3 Å². The van der Waals surface area contributed by atoms with E-state index < -0.39 is 5.97 Å². The molecule has 3 atom stereocenters. The Labute approximate surface area is 320 Å². The molecule has 11 nitrogen and oxygen atoms in total. The van der Waals surface area contributed by atoms with Gasteiger partial charge >= 0.3 is 5.97 Å². The second kappa shape index (κ2) is 13.9. The monoisotopic (exact) mass is 783 g/mol. The number of oxazole rings is 1. The first-order valence-electron chi connectivity index (χ1n) is 18.4. The predicted octanol–water partition coefficient (Wildman–Crippen LogP) is 7.75. The van der Waals surface area contributed by atoms with Crippen molar-refractivity contribution in [3.63, 3.8) is 0 Å². The second-order valence-corrected chi connectivity index (χ2v) is 15.5. The number of nitrogens with zero attached hydrogens (tertiary/aromatic N) is 6. The van der Waals surface area contributed by atoms with Crippen LogP contribution in [0.15, 0.2) is 75.9 Å². The van der Waals surface area contributed by atoms with Gasteiger partial charge in [0.25, 0.3) is 0 Å². The van der Waals surface area contributed by atoms with Crippen LogP contribution in [-0.4, -0.2) is 73.2 Å². The highest BCUT2D eigenvalue weighted by molar-refractivity contribution is 9.10. The number of aliphatic hydroxyl groups is 1. The van der Waals surface area contributed by atoms with Crippen LogP contribution < -0.4 is 5.32 Å². The minimum atomic E-state index is -0.748. The summed E-state index contributed by atoms with van der Waals surface area (Å²) in [7, 11) is 0. The molecule has 54 heavy (non-hydrogen) atoms. The fraction of sp³-hybridized carbons (Fsp3) is 0.310. The molecule has 12 heteroatoms. The highest BCUT2D eigenvalue weighted by Gasteiger charge is 2.37. The molecule has 3 N–H and O–H groups in total. The van der Waals surface area contributed by atoms with Crippen molar-refractivity contribution >= 4 is 55.4 Å². The largest absolute Gasteiger partial charge is 0.481 e. The zero-order valence-corrected chi connectivity index (χ0v) is 31.3. The van der Waals surface area contributed by atoms with Crippen molar-refractivity contribution in [3.05, 3.63) is 99.3 Å². The number of nitrogens with one attached hydrogen (secondary N) is 1. The topological polar surface area (TPSA) is 152 Å². The molecule has 3 aliphatic rings. The van der Waals surface area contributed by atoms with E-state index >= 15 is 0 Å². The highest BCUT2D eigenvalue weighted by atomic mass is 79.9. The third kappa shape index (κ3) is 6.11. The van der Waals surface area contributed by atoms with Gasteiger partial charge in [-0.3, -0.25) is 19.6 Å². The van der Waals surface area contributed by atoms with Crippen LogP contribution in [0.4, 0.5) is 11.5 Å². The second-order valence-electron chi connectivity index (χ2n) is 14.7. The Hall–Kier alpha value is -5.19. The number of aromatic nitrogens is 3. The average Bonchev–Trinajstić information content (AvgIpc) is 3.99. The van der Waals surface area contributed by atoms with Crippen LogP contribution >= 0.6 is 15.9 Å². The predicted molar refractivity (Wildman–Crippen MR) is 209 cm³/mol. The number of β-amino-alcohol motifs (C(OH)–C–C–N with tert-alkyl or cyclic N) is 1. The SMILES string of the molecule is Cc1c(-c2nc3cc4c(c(C#N)c3o2)CC[C@H]4N2CC[C@@H](C(=O)O)C2)cccc1-c1cccc(Nc2nccc3cc(CN4CC[C@@H](O)C4)cnc23)c1Br. The molecule has 1 aliphatic carbocycles. The number of carbonyl (C=O) groups is 1. The minimum Gasteiger partial charge on any atom is -0.481 e. The summed E-state index contributed by atoms with van der Waals surface area (Å²) in [6.45, 7) is 5.61. The number of nitriles is 1. The van der Waals surface area contributed by atoms with Crippen LogP contribution in [-0.2, 0) is 17.8 Å². The summed E-state index contributed by atoms with van der Waals surface area (Å²) in [4.78, 5) is 30.6. The van der Waals surface area contributed by atoms with E-state index in [9.17, 15) is 20.3 Å². The molecule has 5 heterocycles. The summed E-state index contributed by atoms with van der Waals surface area (Å²) in [5.74, 6) is -0.00682. The normalized spacial score (nSPS) is 20.1. The van der Waals surface area contributed by atoms with Gasteiger partial charge in [-0.15, -0.1) is 0 Å². The van der Waals surface area contributed by atoms with Gasteiger partial charge in [0.2, 0.25) is 5.89 Å². The van der Waals surface area contributed by atoms with Gasteiger partial charge < -0.3 is 19.9 Å². The lowest BCUT2D eigenvalue weighted by molar-refractivity contribution is -0.141. The Bertz CT molecular complexity index is 2510. The zero-order valence-electron chi connectivity index (χ0n) is 29.7. The van der Waals surface area contributed by atoms with Gasteiger partial charge in [0, 0.05) is 60.0 Å². The Morgan fingerprint density at radius 2 is 1.89 bits per heavy atom. The molecule has 272 valence electrons. The van der Waals surface area contributed by atoms with E-state index in [0.717, 1.165) is 98.9 Å². The van der Waals surface area contributed by atoms with Crippen molar-refractivity contribution < 1.29 is 19.4 Å². The summed E-state index contributed by atoms with van der Waals surface area (Å²) in [6, 6.07) is 20.8. The summed E-state index contributed by atoms with van der Waals surface area (Å²) < 4.78 is 7.30. The third-order valence-electron chi connectivity index (χ3n) is 11.4. The lowest BCUT2D eigenvalue weighted by Crippen LogP contribution is -2.26. The van der Waals surface area contributed by atoms with Crippen molar-refractivity contribution in [2.75, 3.05) is 31.5 Å². The van der Waals surface area contributed by atoms with Gasteiger partial charge in [0.1, 0.15) is 22.7 Å². The molecule has 0 spiro atoms. The van der Waals surface area contributed by atoms with Crippen LogP contribution in [0.5, 0.6) is 0 Å². The molecule has 6 aromatic rings. The number of hydrogen-bond donors (Lipinski definition) is 3. The van der Waals surface area contributed by atoms with Crippen LogP contribution in [0.2, 0.25) is 0 Å². The summed E-state index contributed by atoms with van der Waals surface area (Å²) >= 11 is 3.89. The number of rotatable bonds is 8. The minimum absolute atomic E-state index is 0.0669. The quantitative estimate of drug-likeness (QED) is 0.139. The van der Waals surface area contributed by atoms with Crippen molar-refractivity contribution in [3.8, 4) is 28.7 Å². The number of carboxylic acid groups (broad SMARTS) is 1. The molecule has 0 bridgehead atoms. The van der Waals surface area contributed by atoms with Crippen LogP contribution in [0, 0.1) is 24.2 Å². The number of aliphatic hydroxyl groups excluding tert-OH is 1. The standard InChI is InChI=1S/C42H38BrN7O4/c1-23-28(31-6-3-7-34(37(31)43)47-40-38-25(10-13-45-40)16-24(19-46-38)20-49-14-12-27(51)22-49)4-2-5-29(23)41-48-35-17-32-30(33(18-44)39(35)54-41)8-9-36(32)50-15-11-26(21-50)42(52)53/h2-7,10,13,16-17,19,26-27,36,51H,8-9,11-12,14-15,20-22H2,1H3,(H,45,47)(H,52,53)/t26-,27-,36-/m1/s1. The molecular formula is C42H38BrN7O4. The Balaban J connectivity index is 1.01. The van der Waals surface area contributed by atoms with Gasteiger partial charge in [-0.1, -0.05) is 24.3 Å². The fourth-order valence-electron chi connectivity index (χ4n) is 8.63. The zero-order chi connectivity index (χ0) is 37.1. The van der Waals surface area contributed by atoms with Crippen molar-refractivity contribution in [1.29, 1.82) is 5.26 Å². The first-order valence-corrected chi connectivity index (χ1v) is 19.2.